The van der Waals surface area contributed by atoms with Crippen LogP contribution >= 0.6 is 0 Å². The van der Waals surface area contributed by atoms with Gasteiger partial charge in [-0.3, -0.25) is 4.79 Å². The van der Waals surface area contributed by atoms with E-state index < -0.39 is 22.0 Å². The minimum Gasteiger partial charge on any atom is -0.493 e. The first kappa shape index (κ1) is 16.5. The van der Waals surface area contributed by atoms with E-state index in [4.69, 9.17) is 9.84 Å². The number of carbonyl (C=O) groups is 1. The van der Waals surface area contributed by atoms with Gasteiger partial charge in [0.2, 0.25) is 10.0 Å². The molecule has 2 aromatic rings. The molecule has 0 bridgehead atoms. The fraction of sp³-hybridized carbons (Fsp3) is 0.235. The van der Waals surface area contributed by atoms with Crippen LogP contribution in [-0.2, 0) is 21.2 Å². The largest absolute Gasteiger partial charge is 0.493 e. The number of ether oxygens (including phenoxy) is 1. The molecule has 126 valence electrons. The van der Waals surface area contributed by atoms with Gasteiger partial charge in [-0.1, -0.05) is 36.4 Å². The van der Waals surface area contributed by atoms with Crippen molar-refractivity contribution >= 4 is 16.0 Å². The number of hydrogen-bond donors (Lipinski definition) is 2. The van der Waals surface area contributed by atoms with E-state index in [0.29, 0.717) is 29.9 Å². The van der Waals surface area contributed by atoms with Crippen LogP contribution in [0.3, 0.4) is 0 Å². The van der Waals surface area contributed by atoms with Gasteiger partial charge in [-0.25, -0.2) is 13.1 Å². The fourth-order valence-electron chi connectivity index (χ4n) is 2.77. The molecule has 1 heterocycles. The summed E-state index contributed by atoms with van der Waals surface area (Å²) in [4.78, 5) is 11.2. The van der Waals surface area contributed by atoms with E-state index >= 15 is 0 Å². The third-order valence-corrected chi connectivity index (χ3v) is 5.34. The molecule has 0 saturated heterocycles. The second-order valence-electron chi connectivity index (χ2n) is 5.53. The summed E-state index contributed by atoms with van der Waals surface area (Å²) in [5.41, 5.74) is 1.21. The summed E-state index contributed by atoms with van der Waals surface area (Å²) in [6, 6.07) is 12.9. The summed E-state index contributed by atoms with van der Waals surface area (Å²) in [6.07, 6.45) is 0.316. The Morgan fingerprint density at radius 1 is 1.17 bits per heavy atom. The van der Waals surface area contributed by atoms with Crippen molar-refractivity contribution in [2.24, 2.45) is 0 Å². The minimum absolute atomic E-state index is 0.165. The molecule has 1 unspecified atom stereocenters. The lowest BCUT2D eigenvalue weighted by molar-refractivity contribution is -0.136. The van der Waals surface area contributed by atoms with Crippen molar-refractivity contribution < 1.29 is 23.1 Å². The van der Waals surface area contributed by atoms with Gasteiger partial charge in [-0.15, -0.1) is 0 Å². The topological polar surface area (TPSA) is 92.7 Å². The maximum Gasteiger partial charge on any atom is 0.307 e. The third kappa shape index (κ3) is 3.42. The number of carboxylic acids is 1. The highest BCUT2D eigenvalue weighted by Crippen LogP contribution is 2.36. The van der Waals surface area contributed by atoms with E-state index in [1.54, 1.807) is 36.4 Å². The molecule has 0 aliphatic carbocycles. The molecular weight excluding hydrogens is 330 g/mol. The monoisotopic (exact) mass is 347 g/mol. The first-order valence-electron chi connectivity index (χ1n) is 7.51. The summed E-state index contributed by atoms with van der Waals surface area (Å²) < 4.78 is 33.4. The molecule has 0 fully saturated rings. The molecule has 3 rings (SSSR count). The lowest BCUT2D eigenvalue weighted by Crippen LogP contribution is -2.32. The van der Waals surface area contributed by atoms with Crippen LogP contribution < -0.4 is 9.46 Å². The summed E-state index contributed by atoms with van der Waals surface area (Å²) in [7, 11) is -3.66. The predicted molar refractivity (Wildman–Crippen MR) is 87.4 cm³/mol. The van der Waals surface area contributed by atoms with Crippen LogP contribution in [0, 0.1) is 0 Å². The quantitative estimate of drug-likeness (QED) is 0.864. The van der Waals surface area contributed by atoms with E-state index in [-0.39, 0.29) is 11.3 Å². The number of para-hydroxylation sites is 1. The Morgan fingerprint density at radius 3 is 2.62 bits per heavy atom. The molecule has 2 N–H and O–H groups in total. The number of hydrogen-bond acceptors (Lipinski definition) is 4. The molecule has 24 heavy (non-hydrogen) atoms. The van der Waals surface area contributed by atoms with Gasteiger partial charge in [0.1, 0.15) is 5.75 Å². The third-order valence-electron chi connectivity index (χ3n) is 3.85. The molecule has 0 spiro atoms. The van der Waals surface area contributed by atoms with Gasteiger partial charge in [0, 0.05) is 17.5 Å². The summed E-state index contributed by atoms with van der Waals surface area (Å²) in [6.45, 7) is 0.325. The molecule has 1 aliphatic heterocycles. The molecule has 2 aromatic carbocycles. The lowest BCUT2D eigenvalue weighted by Gasteiger charge is -2.28. The molecule has 0 radical (unpaired) electrons. The minimum atomic E-state index is -3.66. The molecule has 0 aromatic heterocycles. The highest BCUT2D eigenvalue weighted by atomic mass is 32.2. The number of rotatable bonds is 5. The van der Waals surface area contributed by atoms with Gasteiger partial charge < -0.3 is 9.84 Å². The number of nitrogens with one attached hydrogen (secondary N) is 1. The number of fused-ring (bicyclic) bond motifs is 1. The second-order valence-corrected chi connectivity index (χ2v) is 7.24. The Kier molecular flexibility index (Phi) is 4.55. The van der Waals surface area contributed by atoms with Crippen molar-refractivity contribution in [2.75, 3.05) is 6.61 Å². The van der Waals surface area contributed by atoms with Crippen molar-refractivity contribution in [2.45, 2.75) is 23.8 Å². The Balaban J connectivity index is 1.92. The second kappa shape index (κ2) is 6.62. The molecule has 6 nitrogen and oxygen atoms in total. The van der Waals surface area contributed by atoms with E-state index in [9.17, 15) is 13.2 Å². The highest BCUT2D eigenvalue weighted by Gasteiger charge is 2.28. The summed E-state index contributed by atoms with van der Waals surface area (Å²) in [5, 5.41) is 9.00. The van der Waals surface area contributed by atoms with Crippen molar-refractivity contribution in [3.63, 3.8) is 0 Å². The zero-order valence-corrected chi connectivity index (χ0v) is 13.6. The summed E-state index contributed by atoms with van der Waals surface area (Å²) in [5.74, 6) is -0.495. The molecule has 7 heteroatoms. The van der Waals surface area contributed by atoms with Gasteiger partial charge in [0.05, 0.1) is 24.0 Å². The first-order valence-corrected chi connectivity index (χ1v) is 8.99. The van der Waals surface area contributed by atoms with Crippen LogP contribution in [0.25, 0.3) is 0 Å². The first-order chi connectivity index (χ1) is 11.5. The maximum absolute atomic E-state index is 12.5. The van der Waals surface area contributed by atoms with E-state index in [2.05, 4.69) is 4.72 Å². The number of sulfonamides is 1. The molecular formula is C17H17NO5S. The van der Waals surface area contributed by atoms with Gasteiger partial charge in [-0.2, -0.15) is 0 Å². The van der Waals surface area contributed by atoms with Crippen LogP contribution in [0.2, 0.25) is 0 Å². The van der Waals surface area contributed by atoms with Crippen molar-refractivity contribution in [3.8, 4) is 5.75 Å². The zero-order valence-electron chi connectivity index (χ0n) is 12.8. The standard InChI is InChI=1S/C17H17NO5S/c19-16(20)11-12-5-4-8-14-15(9-10-23-17(12)14)18-24(21,22)13-6-2-1-3-7-13/h1-8,15,18H,9-11H2,(H,19,20). The van der Waals surface area contributed by atoms with Gasteiger partial charge >= 0.3 is 5.97 Å². The van der Waals surface area contributed by atoms with Crippen LogP contribution in [0.1, 0.15) is 23.6 Å². The van der Waals surface area contributed by atoms with Crippen LogP contribution in [0.15, 0.2) is 53.4 Å². The van der Waals surface area contributed by atoms with Gasteiger partial charge in [0.15, 0.2) is 0 Å². The van der Waals surface area contributed by atoms with Gasteiger partial charge in [0.25, 0.3) is 0 Å². The Hall–Kier alpha value is -2.38. The van der Waals surface area contributed by atoms with Crippen molar-refractivity contribution in [1.82, 2.24) is 4.72 Å². The Bertz CT molecular complexity index is 849. The Labute approximate surface area is 140 Å². The van der Waals surface area contributed by atoms with Crippen molar-refractivity contribution in [1.29, 1.82) is 0 Å². The smallest absolute Gasteiger partial charge is 0.307 e. The van der Waals surface area contributed by atoms with Gasteiger partial charge in [-0.05, 0) is 12.1 Å². The van der Waals surface area contributed by atoms with E-state index in [1.165, 1.54) is 12.1 Å². The average molecular weight is 347 g/mol. The van der Waals surface area contributed by atoms with Crippen LogP contribution in [0.4, 0.5) is 0 Å². The number of aliphatic carboxylic acids is 1. The fourth-order valence-corrected chi connectivity index (χ4v) is 4.04. The zero-order chi connectivity index (χ0) is 17.2. The number of benzene rings is 2. The Morgan fingerprint density at radius 2 is 1.92 bits per heavy atom. The molecule has 1 atom stereocenters. The maximum atomic E-state index is 12.5. The molecule has 1 aliphatic rings. The van der Waals surface area contributed by atoms with Crippen LogP contribution in [0.5, 0.6) is 5.75 Å². The predicted octanol–water partition coefficient (Wildman–Crippen LogP) is 2.12. The number of carboxylic acid groups (broad SMARTS) is 1. The highest BCUT2D eigenvalue weighted by molar-refractivity contribution is 7.89. The molecule has 0 saturated carbocycles. The van der Waals surface area contributed by atoms with Crippen LogP contribution in [-0.4, -0.2) is 26.1 Å². The summed E-state index contributed by atoms with van der Waals surface area (Å²) >= 11 is 0. The molecule has 0 amide bonds. The lowest BCUT2D eigenvalue weighted by atomic mass is 9.97. The van der Waals surface area contributed by atoms with Crippen molar-refractivity contribution in [3.05, 3.63) is 59.7 Å². The normalized spacial score (nSPS) is 16.9. The SMILES string of the molecule is O=C(O)Cc1cccc2c1OCCC2NS(=O)(=O)c1ccccc1. The van der Waals surface area contributed by atoms with E-state index in [1.807, 2.05) is 0 Å². The average Bonchev–Trinajstić information content (AvgIpc) is 2.56. The van der Waals surface area contributed by atoms with E-state index in [0.717, 1.165) is 0 Å².